The normalized spacial score (nSPS) is 47.6. The van der Waals surface area contributed by atoms with Crippen molar-refractivity contribution in [3.8, 4) is 0 Å². The van der Waals surface area contributed by atoms with Crippen molar-refractivity contribution in [1.29, 1.82) is 0 Å². The van der Waals surface area contributed by atoms with Crippen LogP contribution in [0.1, 0.15) is 66.2 Å². The standard InChI is InChI=1S/C16H26O3/c1-11(17)18-16-8-5-7-15(4,19-16)9-6-12-13(16)10-14(12,2)3/h12-13H,5-10H2,1-4H3/t12-,13-,15?,16?/m1/s1. The van der Waals surface area contributed by atoms with Crippen LogP contribution in [0.4, 0.5) is 0 Å². The summed E-state index contributed by atoms with van der Waals surface area (Å²) in [6, 6.07) is 0. The Kier molecular flexibility index (Phi) is 2.80. The van der Waals surface area contributed by atoms with Gasteiger partial charge in [0.1, 0.15) is 0 Å². The van der Waals surface area contributed by atoms with E-state index in [2.05, 4.69) is 20.8 Å². The highest BCUT2D eigenvalue weighted by Gasteiger charge is 2.63. The number of rotatable bonds is 1. The molecule has 2 aliphatic heterocycles. The van der Waals surface area contributed by atoms with Crippen LogP contribution in [0.2, 0.25) is 0 Å². The Balaban J connectivity index is 1.95. The molecule has 0 aromatic heterocycles. The van der Waals surface area contributed by atoms with Gasteiger partial charge in [-0.3, -0.25) is 4.79 Å². The van der Waals surface area contributed by atoms with Gasteiger partial charge in [0.05, 0.1) is 5.60 Å². The summed E-state index contributed by atoms with van der Waals surface area (Å²) in [5, 5.41) is 0. The Bertz CT molecular complexity index is 403. The van der Waals surface area contributed by atoms with Crippen LogP contribution in [0.15, 0.2) is 0 Å². The molecule has 2 heterocycles. The molecule has 2 saturated heterocycles. The van der Waals surface area contributed by atoms with Gasteiger partial charge >= 0.3 is 5.97 Å². The molecule has 1 aliphatic carbocycles. The van der Waals surface area contributed by atoms with Gasteiger partial charge in [-0.15, -0.1) is 0 Å². The molecular weight excluding hydrogens is 240 g/mol. The monoisotopic (exact) mass is 266 g/mol. The molecule has 3 nitrogen and oxygen atoms in total. The molecule has 19 heavy (non-hydrogen) atoms. The Morgan fingerprint density at radius 1 is 1.16 bits per heavy atom. The Morgan fingerprint density at radius 2 is 1.89 bits per heavy atom. The van der Waals surface area contributed by atoms with Gasteiger partial charge in [0, 0.05) is 19.3 Å². The predicted molar refractivity (Wildman–Crippen MR) is 72.5 cm³/mol. The quantitative estimate of drug-likeness (QED) is 0.679. The first-order valence-electron chi connectivity index (χ1n) is 7.66. The smallest absolute Gasteiger partial charge is 0.305 e. The van der Waals surface area contributed by atoms with E-state index >= 15 is 0 Å². The topological polar surface area (TPSA) is 35.5 Å². The van der Waals surface area contributed by atoms with Gasteiger partial charge in [0.25, 0.3) is 0 Å². The summed E-state index contributed by atoms with van der Waals surface area (Å²) < 4.78 is 12.2. The fourth-order valence-electron chi connectivity index (χ4n) is 4.82. The summed E-state index contributed by atoms with van der Waals surface area (Å²) in [6.45, 7) is 8.39. The molecule has 3 fully saturated rings. The first-order valence-corrected chi connectivity index (χ1v) is 7.66. The zero-order valence-electron chi connectivity index (χ0n) is 12.6. The van der Waals surface area contributed by atoms with E-state index in [0.717, 1.165) is 32.1 Å². The van der Waals surface area contributed by atoms with Crippen LogP contribution in [0.3, 0.4) is 0 Å². The third-order valence-electron chi connectivity index (χ3n) is 5.75. The minimum Gasteiger partial charge on any atom is -0.433 e. The molecule has 0 radical (unpaired) electrons. The minimum atomic E-state index is -0.629. The lowest BCUT2D eigenvalue weighted by Crippen LogP contribution is -2.60. The van der Waals surface area contributed by atoms with Gasteiger partial charge in [0.15, 0.2) is 0 Å². The first kappa shape index (κ1) is 13.4. The second-order valence-electron chi connectivity index (χ2n) is 7.76. The maximum atomic E-state index is 11.6. The number of hydrogen-bond acceptors (Lipinski definition) is 3. The molecule has 0 aromatic carbocycles. The van der Waals surface area contributed by atoms with E-state index in [4.69, 9.17) is 9.47 Å². The maximum absolute atomic E-state index is 11.6. The van der Waals surface area contributed by atoms with E-state index in [9.17, 15) is 4.79 Å². The molecule has 3 heteroatoms. The fraction of sp³-hybridized carbons (Fsp3) is 0.938. The first-order chi connectivity index (χ1) is 8.77. The number of ether oxygens (including phenoxy) is 2. The van der Waals surface area contributed by atoms with Crippen LogP contribution in [0.5, 0.6) is 0 Å². The lowest BCUT2D eigenvalue weighted by Gasteiger charge is -2.58. The van der Waals surface area contributed by atoms with Crippen LogP contribution in [0.25, 0.3) is 0 Å². The fourth-order valence-corrected chi connectivity index (χ4v) is 4.82. The van der Waals surface area contributed by atoms with Crippen LogP contribution in [-0.4, -0.2) is 17.4 Å². The van der Waals surface area contributed by atoms with Crippen LogP contribution in [-0.2, 0) is 14.3 Å². The predicted octanol–water partition coefficient (Wildman–Crippen LogP) is 3.66. The average Bonchev–Trinajstić information content (AvgIpc) is 2.30. The number of hydrogen-bond donors (Lipinski definition) is 0. The summed E-state index contributed by atoms with van der Waals surface area (Å²) in [5.41, 5.74) is 0.274. The lowest BCUT2D eigenvalue weighted by atomic mass is 9.52. The number of carbonyl (C=O) groups is 1. The van der Waals surface area contributed by atoms with Crippen molar-refractivity contribution in [1.82, 2.24) is 0 Å². The zero-order valence-corrected chi connectivity index (χ0v) is 12.6. The Morgan fingerprint density at radius 3 is 2.53 bits per heavy atom. The molecule has 3 aliphatic rings. The summed E-state index contributed by atoms with van der Waals surface area (Å²) in [4.78, 5) is 11.6. The maximum Gasteiger partial charge on any atom is 0.305 e. The van der Waals surface area contributed by atoms with Gasteiger partial charge in [-0.2, -0.15) is 0 Å². The molecule has 0 aromatic rings. The number of esters is 1. The highest BCUT2D eigenvalue weighted by atomic mass is 16.7. The average molecular weight is 266 g/mol. The summed E-state index contributed by atoms with van der Waals surface area (Å²) in [5.74, 6) is 0.199. The van der Waals surface area contributed by atoms with Crippen molar-refractivity contribution < 1.29 is 14.3 Å². The Labute approximate surface area is 116 Å². The molecular formula is C16H26O3. The van der Waals surface area contributed by atoms with Gasteiger partial charge in [0.2, 0.25) is 5.79 Å². The zero-order chi connectivity index (χ0) is 13.9. The SMILES string of the molecule is CC(=O)OC12CCCC(C)(CC[C@@H]3[C@H]1CC3(C)C)O2. The third kappa shape index (κ3) is 2.01. The van der Waals surface area contributed by atoms with Crippen molar-refractivity contribution in [3.05, 3.63) is 0 Å². The molecule has 2 unspecified atom stereocenters. The van der Waals surface area contributed by atoms with E-state index in [1.165, 1.54) is 13.3 Å². The molecule has 3 rings (SSSR count). The largest absolute Gasteiger partial charge is 0.433 e. The van der Waals surface area contributed by atoms with E-state index in [1.54, 1.807) is 0 Å². The van der Waals surface area contributed by atoms with Gasteiger partial charge in [-0.05, 0) is 50.4 Å². The highest BCUT2D eigenvalue weighted by molar-refractivity contribution is 5.66. The molecule has 2 bridgehead atoms. The number of fused-ring (bicyclic) bond motifs is 4. The van der Waals surface area contributed by atoms with Crippen molar-refractivity contribution in [3.63, 3.8) is 0 Å². The molecule has 4 atom stereocenters. The summed E-state index contributed by atoms with van der Waals surface area (Å²) in [6.07, 6.45) is 6.49. The van der Waals surface area contributed by atoms with E-state index < -0.39 is 5.79 Å². The van der Waals surface area contributed by atoms with Gasteiger partial charge in [-0.1, -0.05) is 13.8 Å². The van der Waals surface area contributed by atoms with Gasteiger partial charge < -0.3 is 9.47 Å². The Hall–Kier alpha value is -0.570. The van der Waals surface area contributed by atoms with E-state index in [1.807, 2.05) is 0 Å². The van der Waals surface area contributed by atoms with Crippen LogP contribution in [0, 0.1) is 17.3 Å². The second-order valence-corrected chi connectivity index (χ2v) is 7.76. The second kappa shape index (κ2) is 3.97. The molecule has 1 saturated carbocycles. The van der Waals surface area contributed by atoms with Crippen molar-refractivity contribution in [2.24, 2.45) is 17.3 Å². The molecule has 0 spiro atoms. The summed E-state index contributed by atoms with van der Waals surface area (Å²) in [7, 11) is 0. The summed E-state index contributed by atoms with van der Waals surface area (Å²) >= 11 is 0. The van der Waals surface area contributed by atoms with Crippen molar-refractivity contribution in [2.45, 2.75) is 77.6 Å². The van der Waals surface area contributed by atoms with Crippen molar-refractivity contribution in [2.75, 3.05) is 0 Å². The highest BCUT2D eigenvalue weighted by Crippen LogP contribution is 2.63. The van der Waals surface area contributed by atoms with Gasteiger partial charge in [-0.25, -0.2) is 0 Å². The molecule has 108 valence electrons. The van der Waals surface area contributed by atoms with E-state index in [0.29, 0.717) is 17.3 Å². The van der Waals surface area contributed by atoms with Crippen molar-refractivity contribution >= 4 is 5.97 Å². The number of carbonyl (C=O) groups excluding carboxylic acids is 1. The van der Waals surface area contributed by atoms with E-state index in [-0.39, 0.29) is 11.6 Å². The lowest BCUT2D eigenvalue weighted by molar-refractivity contribution is -0.333. The minimum absolute atomic E-state index is 0.0961. The molecule has 0 amide bonds. The van der Waals surface area contributed by atoms with Crippen LogP contribution >= 0.6 is 0 Å². The molecule has 0 N–H and O–H groups in total. The third-order valence-corrected chi connectivity index (χ3v) is 5.75. The van der Waals surface area contributed by atoms with Crippen LogP contribution < -0.4 is 0 Å².